The maximum atomic E-state index is 12.5. The van der Waals surface area contributed by atoms with Crippen LogP contribution in [0.25, 0.3) is 0 Å². The molecule has 1 atom stereocenters. The summed E-state index contributed by atoms with van der Waals surface area (Å²) in [7, 11) is 0. The summed E-state index contributed by atoms with van der Waals surface area (Å²) in [5.41, 5.74) is 1.80. The molecule has 2 rings (SSSR count). The lowest BCUT2D eigenvalue weighted by molar-refractivity contribution is 0.0926. The summed E-state index contributed by atoms with van der Waals surface area (Å²) >= 11 is 6.10. The van der Waals surface area contributed by atoms with Crippen LogP contribution in [0.3, 0.4) is 0 Å². The highest BCUT2D eigenvalue weighted by atomic mass is 35.5. The number of carbonyl (C=O) groups is 1. The van der Waals surface area contributed by atoms with E-state index >= 15 is 0 Å². The smallest absolute Gasteiger partial charge is 0.251 e. The van der Waals surface area contributed by atoms with E-state index in [1.165, 1.54) is 0 Å². The molecule has 0 heterocycles. The lowest BCUT2D eigenvalue weighted by Crippen LogP contribution is -2.31. The summed E-state index contributed by atoms with van der Waals surface area (Å²) < 4.78 is 0. The van der Waals surface area contributed by atoms with Gasteiger partial charge < -0.3 is 5.32 Å². The van der Waals surface area contributed by atoms with Crippen molar-refractivity contribution in [2.24, 2.45) is 5.41 Å². The molecule has 0 fully saturated rings. The molecule has 0 aliphatic heterocycles. The predicted molar refractivity (Wildman–Crippen MR) is 92.2 cm³/mol. The largest absolute Gasteiger partial charge is 0.345 e. The fourth-order valence-electron chi connectivity index (χ4n) is 2.42. The van der Waals surface area contributed by atoms with Gasteiger partial charge in [-0.3, -0.25) is 4.79 Å². The van der Waals surface area contributed by atoms with Crippen LogP contribution in [0.15, 0.2) is 54.6 Å². The van der Waals surface area contributed by atoms with Gasteiger partial charge in [-0.1, -0.05) is 62.7 Å². The highest BCUT2D eigenvalue weighted by Gasteiger charge is 2.22. The summed E-state index contributed by atoms with van der Waals surface area (Å²) in [4.78, 5) is 12.5. The molecule has 22 heavy (non-hydrogen) atoms. The third-order valence-corrected chi connectivity index (χ3v) is 3.64. The van der Waals surface area contributed by atoms with Crippen LogP contribution < -0.4 is 5.32 Å². The number of amides is 1. The number of rotatable bonds is 4. The minimum Gasteiger partial charge on any atom is -0.345 e. The van der Waals surface area contributed by atoms with Crippen molar-refractivity contribution in [3.63, 3.8) is 0 Å². The Bertz CT molecular complexity index is 631. The van der Waals surface area contributed by atoms with Crippen LogP contribution in [0.5, 0.6) is 0 Å². The van der Waals surface area contributed by atoms with Gasteiger partial charge in [-0.25, -0.2) is 0 Å². The molecular weight excluding hydrogens is 294 g/mol. The van der Waals surface area contributed by atoms with Gasteiger partial charge in [-0.05, 0) is 41.7 Å². The zero-order valence-corrected chi connectivity index (χ0v) is 14.0. The van der Waals surface area contributed by atoms with Crippen molar-refractivity contribution in [3.8, 4) is 0 Å². The average molecular weight is 316 g/mol. The number of benzene rings is 2. The maximum Gasteiger partial charge on any atom is 0.251 e. The highest BCUT2D eigenvalue weighted by Crippen LogP contribution is 2.30. The quantitative estimate of drug-likeness (QED) is 0.820. The van der Waals surface area contributed by atoms with Crippen LogP contribution in [0.1, 0.15) is 49.2 Å². The Morgan fingerprint density at radius 3 is 2.36 bits per heavy atom. The Labute approximate surface area is 137 Å². The first-order chi connectivity index (χ1) is 10.3. The molecule has 1 unspecified atom stereocenters. The van der Waals surface area contributed by atoms with Crippen molar-refractivity contribution in [3.05, 3.63) is 70.7 Å². The van der Waals surface area contributed by atoms with Crippen LogP contribution in [-0.2, 0) is 0 Å². The Balaban J connectivity index is 2.23. The van der Waals surface area contributed by atoms with E-state index < -0.39 is 0 Å². The van der Waals surface area contributed by atoms with Crippen molar-refractivity contribution in [1.82, 2.24) is 5.32 Å². The Morgan fingerprint density at radius 1 is 1.09 bits per heavy atom. The van der Waals surface area contributed by atoms with Gasteiger partial charge in [0.1, 0.15) is 0 Å². The fraction of sp³-hybridized carbons (Fsp3) is 0.316. The molecule has 2 nitrogen and oxygen atoms in total. The van der Waals surface area contributed by atoms with Gasteiger partial charge in [0, 0.05) is 10.6 Å². The molecule has 2 aromatic rings. The first-order valence-corrected chi connectivity index (χ1v) is 7.84. The van der Waals surface area contributed by atoms with Crippen molar-refractivity contribution < 1.29 is 4.79 Å². The zero-order valence-electron chi connectivity index (χ0n) is 13.3. The van der Waals surface area contributed by atoms with Crippen molar-refractivity contribution in [2.75, 3.05) is 0 Å². The Morgan fingerprint density at radius 2 is 1.77 bits per heavy atom. The van der Waals surface area contributed by atoms with Crippen molar-refractivity contribution >= 4 is 17.5 Å². The summed E-state index contributed by atoms with van der Waals surface area (Å²) in [6.07, 6.45) is 0.839. The first-order valence-electron chi connectivity index (χ1n) is 7.46. The molecule has 0 saturated carbocycles. The molecule has 116 valence electrons. The third-order valence-electron chi connectivity index (χ3n) is 3.41. The minimum atomic E-state index is -0.0635. The molecule has 1 N–H and O–H groups in total. The maximum absolute atomic E-state index is 12.5. The van der Waals surface area contributed by atoms with Gasteiger partial charge in [0.15, 0.2) is 0 Å². The van der Waals surface area contributed by atoms with Crippen molar-refractivity contribution in [2.45, 2.75) is 33.2 Å². The molecule has 0 aromatic heterocycles. The highest BCUT2D eigenvalue weighted by molar-refractivity contribution is 6.30. The Kier molecular flexibility index (Phi) is 5.25. The predicted octanol–water partition coefficient (Wildman–Crippen LogP) is 5.25. The monoisotopic (exact) mass is 315 g/mol. The zero-order chi connectivity index (χ0) is 16.2. The molecule has 0 spiro atoms. The fourth-order valence-corrected chi connectivity index (χ4v) is 2.62. The Hall–Kier alpha value is -1.80. The minimum absolute atomic E-state index is 0.0603. The number of nitrogens with one attached hydrogen (secondary N) is 1. The topological polar surface area (TPSA) is 29.1 Å². The van der Waals surface area contributed by atoms with Crippen molar-refractivity contribution in [1.29, 1.82) is 0 Å². The number of hydrogen-bond acceptors (Lipinski definition) is 1. The van der Waals surface area contributed by atoms with Crippen LogP contribution >= 0.6 is 11.6 Å². The van der Waals surface area contributed by atoms with Crippen LogP contribution in [0, 0.1) is 5.41 Å². The van der Waals surface area contributed by atoms with Gasteiger partial charge in [0.05, 0.1) is 6.04 Å². The summed E-state index contributed by atoms with van der Waals surface area (Å²) in [6, 6.07) is 16.9. The van der Waals surface area contributed by atoms with E-state index in [1.54, 1.807) is 0 Å². The first kappa shape index (κ1) is 16.6. The normalized spacial score (nSPS) is 12.7. The number of hydrogen-bond donors (Lipinski definition) is 1. The summed E-state index contributed by atoms with van der Waals surface area (Å²) in [5, 5.41) is 3.82. The second-order valence-corrected chi connectivity index (χ2v) is 7.15. The van der Waals surface area contributed by atoms with E-state index in [0.29, 0.717) is 10.6 Å². The lowest BCUT2D eigenvalue weighted by atomic mass is 9.85. The van der Waals surface area contributed by atoms with E-state index in [2.05, 4.69) is 26.1 Å². The van der Waals surface area contributed by atoms with Gasteiger partial charge in [-0.15, -0.1) is 0 Å². The van der Waals surface area contributed by atoms with E-state index in [1.807, 2.05) is 54.6 Å². The molecule has 3 heteroatoms. The average Bonchev–Trinajstić information content (AvgIpc) is 2.46. The summed E-state index contributed by atoms with van der Waals surface area (Å²) in [5.74, 6) is -0.0603. The standard InChI is InChI=1S/C19H22ClNO/c1-19(2,3)13-17(15-10-7-11-16(20)12-15)21-18(22)14-8-5-4-6-9-14/h4-12,17H,13H2,1-3H3,(H,21,22). The third kappa shape index (κ3) is 4.88. The number of halogens is 1. The van der Waals surface area contributed by atoms with Gasteiger partial charge in [0.25, 0.3) is 5.91 Å². The second-order valence-electron chi connectivity index (χ2n) is 6.71. The molecule has 0 aliphatic carbocycles. The molecule has 0 aliphatic rings. The molecule has 0 radical (unpaired) electrons. The van der Waals surface area contributed by atoms with E-state index in [4.69, 9.17) is 11.6 Å². The molecule has 1 amide bonds. The van der Waals surface area contributed by atoms with Gasteiger partial charge >= 0.3 is 0 Å². The number of carbonyl (C=O) groups excluding carboxylic acids is 1. The molecule has 0 saturated heterocycles. The van der Waals surface area contributed by atoms with Crippen LogP contribution in [0.4, 0.5) is 0 Å². The second kappa shape index (κ2) is 6.97. The lowest BCUT2D eigenvalue weighted by Gasteiger charge is -2.27. The van der Waals surface area contributed by atoms with E-state index in [9.17, 15) is 4.79 Å². The molecular formula is C19H22ClNO. The van der Waals surface area contributed by atoms with E-state index in [0.717, 1.165) is 12.0 Å². The molecule has 0 bridgehead atoms. The van der Waals surface area contributed by atoms with Gasteiger partial charge in [0.2, 0.25) is 0 Å². The molecule has 2 aromatic carbocycles. The van der Waals surface area contributed by atoms with Gasteiger partial charge in [-0.2, -0.15) is 0 Å². The SMILES string of the molecule is CC(C)(C)CC(NC(=O)c1ccccc1)c1cccc(Cl)c1. The van der Waals surface area contributed by atoms with Crippen LogP contribution in [-0.4, -0.2) is 5.91 Å². The summed E-state index contributed by atoms with van der Waals surface area (Å²) in [6.45, 7) is 6.50. The van der Waals surface area contributed by atoms with Crippen LogP contribution in [0.2, 0.25) is 5.02 Å². The van der Waals surface area contributed by atoms with E-state index in [-0.39, 0.29) is 17.4 Å².